The number of hydrogen-bond donors (Lipinski definition) is 0. The Morgan fingerprint density at radius 1 is 1.57 bits per heavy atom. The van der Waals surface area contributed by atoms with Crippen molar-refractivity contribution in [1.29, 1.82) is 0 Å². The molecule has 0 aromatic carbocycles. The highest BCUT2D eigenvalue weighted by molar-refractivity contribution is 5.67. The van der Waals surface area contributed by atoms with E-state index in [9.17, 15) is 4.79 Å². The number of ether oxygens (including phenoxy) is 1. The first-order valence-electron chi connectivity index (χ1n) is 5.02. The second-order valence-electron chi connectivity index (χ2n) is 3.66. The van der Waals surface area contributed by atoms with E-state index in [0.29, 0.717) is 19.1 Å². The van der Waals surface area contributed by atoms with Gasteiger partial charge in [-0.3, -0.25) is 0 Å². The van der Waals surface area contributed by atoms with Crippen LogP contribution in [-0.4, -0.2) is 31.2 Å². The van der Waals surface area contributed by atoms with Crippen molar-refractivity contribution in [3.63, 3.8) is 0 Å². The monoisotopic (exact) mass is 199 g/mol. The molecule has 0 aliphatic rings. The zero-order valence-electron chi connectivity index (χ0n) is 9.67. The van der Waals surface area contributed by atoms with E-state index in [2.05, 4.69) is 13.5 Å². The number of carbonyl (C=O) groups is 1. The van der Waals surface area contributed by atoms with Gasteiger partial charge in [-0.05, 0) is 26.2 Å². The van der Waals surface area contributed by atoms with Crippen molar-refractivity contribution in [2.75, 3.05) is 20.2 Å². The second kappa shape index (κ2) is 6.46. The predicted molar refractivity (Wildman–Crippen MR) is 58.2 cm³/mol. The lowest BCUT2D eigenvalue weighted by Gasteiger charge is -2.18. The van der Waals surface area contributed by atoms with Crippen molar-refractivity contribution in [2.45, 2.75) is 27.2 Å². The summed E-state index contributed by atoms with van der Waals surface area (Å²) in [5, 5.41) is 0. The molecule has 0 rings (SSSR count). The molecule has 0 N–H and O–H groups in total. The molecule has 0 aliphatic heterocycles. The van der Waals surface area contributed by atoms with E-state index in [4.69, 9.17) is 4.74 Å². The zero-order valence-corrected chi connectivity index (χ0v) is 9.67. The number of rotatable bonds is 5. The minimum Gasteiger partial charge on any atom is -0.450 e. The highest BCUT2D eigenvalue weighted by atomic mass is 16.5. The summed E-state index contributed by atoms with van der Waals surface area (Å²) in [6, 6.07) is 0. The summed E-state index contributed by atoms with van der Waals surface area (Å²) in [6.45, 7) is 11.0. The molecule has 0 fully saturated rings. The van der Waals surface area contributed by atoms with Crippen LogP contribution < -0.4 is 0 Å². The Morgan fingerprint density at radius 2 is 2.14 bits per heavy atom. The van der Waals surface area contributed by atoms with Gasteiger partial charge in [0.2, 0.25) is 0 Å². The van der Waals surface area contributed by atoms with Crippen molar-refractivity contribution in [3.8, 4) is 0 Å². The molecule has 0 heterocycles. The topological polar surface area (TPSA) is 29.5 Å². The fraction of sp³-hybridized carbons (Fsp3) is 0.727. The quantitative estimate of drug-likeness (QED) is 0.637. The van der Waals surface area contributed by atoms with Gasteiger partial charge in [-0.25, -0.2) is 4.79 Å². The number of amides is 1. The summed E-state index contributed by atoms with van der Waals surface area (Å²) >= 11 is 0. The Bertz CT molecular complexity index is 201. The summed E-state index contributed by atoms with van der Waals surface area (Å²) in [5.41, 5.74) is 1.15. The maximum atomic E-state index is 11.2. The van der Waals surface area contributed by atoms with Gasteiger partial charge in [-0.15, -0.1) is 0 Å². The molecule has 0 spiro atoms. The van der Waals surface area contributed by atoms with Gasteiger partial charge in [0.1, 0.15) is 0 Å². The van der Waals surface area contributed by atoms with Crippen molar-refractivity contribution >= 4 is 6.09 Å². The van der Waals surface area contributed by atoms with E-state index in [1.165, 1.54) is 0 Å². The molecule has 14 heavy (non-hydrogen) atoms. The molecule has 3 heteroatoms. The Balaban J connectivity index is 3.78. The first-order valence-corrected chi connectivity index (χ1v) is 5.02. The van der Waals surface area contributed by atoms with E-state index >= 15 is 0 Å². The molecule has 0 saturated heterocycles. The molecule has 1 amide bonds. The van der Waals surface area contributed by atoms with E-state index in [1.54, 1.807) is 11.9 Å². The molecule has 1 atom stereocenters. The first-order chi connectivity index (χ1) is 6.49. The van der Waals surface area contributed by atoms with Crippen LogP contribution in [0.4, 0.5) is 4.79 Å². The standard InChI is InChI=1S/C11H21NO2/c1-6-14-11(13)12(5)8-7-10(4)9(2)3/h10H,2,6-8H2,1,3-5H3. The fourth-order valence-electron chi connectivity index (χ4n) is 0.959. The van der Waals surface area contributed by atoms with Gasteiger partial charge in [0, 0.05) is 13.6 Å². The van der Waals surface area contributed by atoms with E-state index in [0.717, 1.165) is 12.0 Å². The Labute approximate surface area is 86.7 Å². The van der Waals surface area contributed by atoms with Crippen LogP contribution in [0.25, 0.3) is 0 Å². The number of hydrogen-bond acceptors (Lipinski definition) is 2. The van der Waals surface area contributed by atoms with Gasteiger partial charge in [0.15, 0.2) is 0 Å². The maximum Gasteiger partial charge on any atom is 0.409 e. The number of allylic oxidation sites excluding steroid dienone is 1. The minimum absolute atomic E-state index is 0.249. The third-order valence-electron chi connectivity index (χ3n) is 2.32. The molecule has 0 aromatic rings. The third-order valence-corrected chi connectivity index (χ3v) is 2.32. The number of nitrogens with zero attached hydrogens (tertiary/aromatic N) is 1. The van der Waals surface area contributed by atoms with Crippen LogP contribution in [0.1, 0.15) is 27.2 Å². The largest absolute Gasteiger partial charge is 0.450 e. The van der Waals surface area contributed by atoms with Crippen molar-refractivity contribution < 1.29 is 9.53 Å². The van der Waals surface area contributed by atoms with Gasteiger partial charge in [0.25, 0.3) is 0 Å². The minimum atomic E-state index is -0.249. The molecule has 1 unspecified atom stereocenters. The van der Waals surface area contributed by atoms with E-state index in [1.807, 2.05) is 13.8 Å². The Hall–Kier alpha value is -0.990. The van der Waals surface area contributed by atoms with E-state index < -0.39 is 0 Å². The second-order valence-corrected chi connectivity index (χ2v) is 3.66. The Kier molecular flexibility index (Phi) is 6.00. The van der Waals surface area contributed by atoms with Crippen LogP contribution in [0, 0.1) is 5.92 Å². The SMILES string of the molecule is C=C(C)C(C)CCN(C)C(=O)OCC. The number of carbonyl (C=O) groups excluding carboxylic acids is 1. The molecule has 3 nitrogen and oxygen atoms in total. The van der Waals surface area contributed by atoms with Gasteiger partial charge in [-0.2, -0.15) is 0 Å². The lowest BCUT2D eigenvalue weighted by atomic mass is 10.0. The highest BCUT2D eigenvalue weighted by Crippen LogP contribution is 2.11. The summed E-state index contributed by atoms with van der Waals surface area (Å²) in [6.07, 6.45) is 0.686. The van der Waals surface area contributed by atoms with Gasteiger partial charge < -0.3 is 9.64 Å². The smallest absolute Gasteiger partial charge is 0.409 e. The summed E-state index contributed by atoms with van der Waals surface area (Å²) in [5.74, 6) is 0.451. The van der Waals surface area contributed by atoms with Crippen LogP contribution in [0.5, 0.6) is 0 Å². The lowest BCUT2D eigenvalue weighted by Crippen LogP contribution is -2.29. The van der Waals surface area contributed by atoms with Crippen LogP contribution in [-0.2, 0) is 4.74 Å². The summed E-state index contributed by atoms with van der Waals surface area (Å²) in [4.78, 5) is 12.8. The van der Waals surface area contributed by atoms with E-state index in [-0.39, 0.29) is 6.09 Å². The van der Waals surface area contributed by atoms with Crippen molar-refractivity contribution in [3.05, 3.63) is 12.2 Å². The lowest BCUT2D eigenvalue weighted by molar-refractivity contribution is 0.115. The summed E-state index contributed by atoms with van der Waals surface area (Å²) < 4.78 is 4.86. The van der Waals surface area contributed by atoms with Crippen molar-refractivity contribution in [1.82, 2.24) is 4.90 Å². The van der Waals surface area contributed by atoms with Crippen LogP contribution in [0.3, 0.4) is 0 Å². The third kappa shape index (κ3) is 4.90. The summed E-state index contributed by atoms with van der Waals surface area (Å²) in [7, 11) is 1.75. The zero-order chi connectivity index (χ0) is 11.1. The van der Waals surface area contributed by atoms with Crippen LogP contribution in [0.2, 0.25) is 0 Å². The van der Waals surface area contributed by atoms with Gasteiger partial charge in [0.05, 0.1) is 6.61 Å². The molecule has 82 valence electrons. The van der Waals surface area contributed by atoms with Crippen LogP contribution >= 0.6 is 0 Å². The molecule has 0 aromatic heterocycles. The normalized spacial score (nSPS) is 12.0. The molecule has 0 radical (unpaired) electrons. The molecular formula is C11H21NO2. The molecule has 0 saturated carbocycles. The maximum absolute atomic E-state index is 11.2. The first kappa shape index (κ1) is 13.0. The molecular weight excluding hydrogens is 178 g/mol. The van der Waals surface area contributed by atoms with Crippen LogP contribution in [0.15, 0.2) is 12.2 Å². The van der Waals surface area contributed by atoms with Crippen molar-refractivity contribution in [2.24, 2.45) is 5.92 Å². The molecule has 0 bridgehead atoms. The molecule has 0 aliphatic carbocycles. The highest BCUT2D eigenvalue weighted by Gasteiger charge is 2.10. The van der Waals surface area contributed by atoms with Gasteiger partial charge >= 0.3 is 6.09 Å². The average Bonchev–Trinajstić information content (AvgIpc) is 2.13. The average molecular weight is 199 g/mol. The fourth-order valence-corrected chi connectivity index (χ4v) is 0.959. The Morgan fingerprint density at radius 3 is 2.57 bits per heavy atom. The predicted octanol–water partition coefficient (Wildman–Crippen LogP) is 2.68. The van der Waals surface area contributed by atoms with Gasteiger partial charge in [-0.1, -0.05) is 19.1 Å².